The first-order valence-corrected chi connectivity index (χ1v) is 8.60. The van der Waals surface area contributed by atoms with Crippen LogP contribution >= 0.6 is 0 Å². The minimum atomic E-state index is -0.657. The predicted octanol–water partition coefficient (Wildman–Crippen LogP) is 6.11. The van der Waals surface area contributed by atoms with E-state index in [1.165, 1.54) is 70.6 Å². The molecule has 0 atom stereocenters. The maximum absolute atomic E-state index is 10.3. The van der Waals surface area contributed by atoms with Crippen LogP contribution in [0.2, 0.25) is 0 Å². The zero-order chi connectivity index (χ0) is 14.9. The van der Waals surface area contributed by atoms with Crippen LogP contribution in [0.4, 0.5) is 0 Å². The van der Waals surface area contributed by atoms with Gasteiger partial charge in [-0.25, -0.2) is 0 Å². The number of carboxylic acids is 1. The number of hydrogen-bond donors (Lipinski definition) is 1. The van der Waals surface area contributed by atoms with Gasteiger partial charge in [0.15, 0.2) is 0 Å². The topological polar surface area (TPSA) is 37.3 Å². The number of rotatable bonds is 15. The number of carboxylic acid groups (broad SMARTS) is 1. The van der Waals surface area contributed by atoms with Gasteiger partial charge in [-0.2, -0.15) is 0 Å². The van der Waals surface area contributed by atoms with Gasteiger partial charge in [0.25, 0.3) is 0 Å². The van der Waals surface area contributed by atoms with Gasteiger partial charge in [0.05, 0.1) is 0 Å². The fourth-order valence-corrected chi connectivity index (χ4v) is 2.47. The Bertz CT molecular complexity index is 234. The van der Waals surface area contributed by atoms with Gasteiger partial charge in [-0.15, -0.1) is 0 Å². The Morgan fingerprint density at radius 2 is 1.15 bits per heavy atom. The smallest absolute Gasteiger partial charge is 0.303 e. The summed E-state index contributed by atoms with van der Waals surface area (Å²) in [6, 6.07) is 0. The average Bonchev–Trinajstić information content (AvgIpc) is 2.43. The third-order valence-electron chi connectivity index (χ3n) is 3.75. The molecular formula is C18H34O2. The molecule has 0 aliphatic heterocycles. The lowest BCUT2D eigenvalue weighted by atomic mass is 10.0. The van der Waals surface area contributed by atoms with E-state index in [-0.39, 0.29) is 0 Å². The SMILES string of the molecule is C/C=C/CCCCCCCCCCCCCCC(=O)O. The Hall–Kier alpha value is -0.790. The molecule has 0 heterocycles. The molecule has 0 amide bonds. The van der Waals surface area contributed by atoms with Crippen molar-refractivity contribution in [3.8, 4) is 0 Å². The molecule has 118 valence electrons. The second kappa shape index (κ2) is 16.3. The van der Waals surface area contributed by atoms with E-state index in [0.29, 0.717) is 6.42 Å². The van der Waals surface area contributed by atoms with E-state index in [0.717, 1.165) is 12.8 Å². The van der Waals surface area contributed by atoms with Crippen LogP contribution in [0, 0.1) is 0 Å². The summed E-state index contributed by atoms with van der Waals surface area (Å²) in [7, 11) is 0. The van der Waals surface area contributed by atoms with Gasteiger partial charge in [-0.1, -0.05) is 76.4 Å². The van der Waals surface area contributed by atoms with Crippen molar-refractivity contribution in [1.29, 1.82) is 0 Å². The third-order valence-corrected chi connectivity index (χ3v) is 3.75. The summed E-state index contributed by atoms with van der Waals surface area (Å²) in [5.41, 5.74) is 0. The molecule has 0 aromatic rings. The van der Waals surface area contributed by atoms with Crippen molar-refractivity contribution in [2.24, 2.45) is 0 Å². The van der Waals surface area contributed by atoms with Crippen molar-refractivity contribution in [2.45, 2.75) is 96.8 Å². The third kappa shape index (κ3) is 17.2. The zero-order valence-corrected chi connectivity index (χ0v) is 13.4. The van der Waals surface area contributed by atoms with Gasteiger partial charge in [-0.3, -0.25) is 4.79 Å². The Morgan fingerprint density at radius 1 is 0.750 bits per heavy atom. The van der Waals surface area contributed by atoms with E-state index >= 15 is 0 Å². The number of unbranched alkanes of at least 4 members (excludes halogenated alkanes) is 12. The summed E-state index contributed by atoms with van der Waals surface area (Å²) in [6.07, 6.45) is 21.4. The molecule has 0 unspecified atom stereocenters. The van der Waals surface area contributed by atoms with E-state index in [1.54, 1.807) is 0 Å². The molecule has 0 spiro atoms. The number of allylic oxidation sites excluding steroid dienone is 2. The van der Waals surface area contributed by atoms with E-state index in [4.69, 9.17) is 5.11 Å². The van der Waals surface area contributed by atoms with Crippen LogP contribution in [-0.2, 0) is 4.79 Å². The van der Waals surface area contributed by atoms with Crippen molar-refractivity contribution >= 4 is 5.97 Å². The lowest BCUT2D eigenvalue weighted by Crippen LogP contribution is -1.93. The summed E-state index contributed by atoms with van der Waals surface area (Å²) in [5, 5.41) is 8.51. The summed E-state index contributed by atoms with van der Waals surface area (Å²) < 4.78 is 0. The summed E-state index contributed by atoms with van der Waals surface area (Å²) in [6.45, 7) is 2.09. The van der Waals surface area contributed by atoms with Crippen molar-refractivity contribution < 1.29 is 9.90 Å². The molecule has 0 radical (unpaired) electrons. The van der Waals surface area contributed by atoms with Gasteiger partial charge >= 0.3 is 5.97 Å². The molecule has 0 aromatic heterocycles. The molecule has 0 saturated carbocycles. The number of carbonyl (C=O) groups is 1. The van der Waals surface area contributed by atoms with Crippen LogP contribution in [0.3, 0.4) is 0 Å². The first kappa shape index (κ1) is 19.2. The predicted molar refractivity (Wildman–Crippen MR) is 87.1 cm³/mol. The Labute approximate surface area is 125 Å². The second-order valence-electron chi connectivity index (χ2n) is 5.74. The molecule has 0 aromatic carbocycles. The molecule has 20 heavy (non-hydrogen) atoms. The highest BCUT2D eigenvalue weighted by molar-refractivity contribution is 5.66. The van der Waals surface area contributed by atoms with Crippen LogP contribution < -0.4 is 0 Å². The van der Waals surface area contributed by atoms with Crippen molar-refractivity contribution in [3.63, 3.8) is 0 Å². The van der Waals surface area contributed by atoms with Crippen LogP contribution in [0.25, 0.3) is 0 Å². The normalized spacial score (nSPS) is 11.2. The first-order chi connectivity index (χ1) is 9.77. The van der Waals surface area contributed by atoms with Crippen molar-refractivity contribution in [3.05, 3.63) is 12.2 Å². The van der Waals surface area contributed by atoms with Gasteiger partial charge in [0.2, 0.25) is 0 Å². The van der Waals surface area contributed by atoms with E-state index < -0.39 is 5.97 Å². The van der Waals surface area contributed by atoms with Gasteiger partial charge in [-0.05, 0) is 26.2 Å². The van der Waals surface area contributed by atoms with E-state index in [9.17, 15) is 4.79 Å². The highest BCUT2D eigenvalue weighted by Crippen LogP contribution is 2.13. The van der Waals surface area contributed by atoms with Crippen LogP contribution in [-0.4, -0.2) is 11.1 Å². The quantitative estimate of drug-likeness (QED) is 0.291. The highest BCUT2D eigenvalue weighted by Gasteiger charge is 1.96. The number of hydrogen-bond acceptors (Lipinski definition) is 1. The molecule has 0 aliphatic carbocycles. The van der Waals surface area contributed by atoms with Gasteiger partial charge in [0, 0.05) is 6.42 Å². The van der Waals surface area contributed by atoms with Crippen molar-refractivity contribution in [2.75, 3.05) is 0 Å². The summed E-state index contributed by atoms with van der Waals surface area (Å²) >= 11 is 0. The molecule has 2 nitrogen and oxygen atoms in total. The first-order valence-electron chi connectivity index (χ1n) is 8.60. The fourth-order valence-electron chi connectivity index (χ4n) is 2.47. The Kier molecular flexibility index (Phi) is 15.6. The molecule has 0 bridgehead atoms. The lowest BCUT2D eigenvalue weighted by Gasteiger charge is -2.02. The van der Waals surface area contributed by atoms with E-state index in [2.05, 4.69) is 19.1 Å². The second-order valence-corrected chi connectivity index (χ2v) is 5.74. The average molecular weight is 282 g/mol. The molecule has 0 fully saturated rings. The molecule has 0 rings (SSSR count). The maximum Gasteiger partial charge on any atom is 0.303 e. The largest absolute Gasteiger partial charge is 0.481 e. The molecule has 1 N–H and O–H groups in total. The minimum Gasteiger partial charge on any atom is -0.481 e. The standard InChI is InChI=1S/C18H34O2/c1-2-3-4-5-6-7-8-9-10-11-12-13-14-15-16-17-18(19)20/h2-3H,4-17H2,1H3,(H,19,20)/b3-2+. The summed E-state index contributed by atoms with van der Waals surface area (Å²) in [5.74, 6) is -0.657. The zero-order valence-electron chi connectivity index (χ0n) is 13.4. The molecule has 2 heteroatoms. The van der Waals surface area contributed by atoms with Gasteiger partial charge < -0.3 is 5.11 Å². The Morgan fingerprint density at radius 3 is 1.55 bits per heavy atom. The molecular weight excluding hydrogens is 248 g/mol. The fraction of sp³-hybridized carbons (Fsp3) is 0.833. The lowest BCUT2D eigenvalue weighted by molar-refractivity contribution is -0.137. The summed E-state index contributed by atoms with van der Waals surface area (Å²) in [4.78, 5) is 10.3. The highest BCUT2D eigenvalue weighted by atomic mass is 16.4. The van der Waals surface area contributed by atoms with E-state index in [1.807, 2.05) is 0 Å². The van der Waals surface area contributed by atoms with Gasteiger partial charge in [0.1, 0.15) is 0 Å². The number of aliphatic carboxylic acids is 1. The monoisotopic (exact) mass is 282 g/mol. The maximum atomic E-state index is 10.3. The Balaban J connectivity index is 2.97. The molecule has 0 aliphatic rings. The van der Waals surface area contributed by atoms with Crippen LogP contribution in [0.5, 0.6) is 0 Å². The van der Waals surface area contributed by atoms with Crippen LogP contribution in [0.1, 0.15) is 96.8 Å². The van der Waals surface area contributed by atoms with Crippen molar-refractivity contribution in [1.82, 2.24) is 0 Å². The van der Waals surface area contributed by atoms with Crippen LogP contribution in [0.15, 0.2) is 12.2 Å². The molecule has 0 saturated heterocycles. The minimum absolute atomic E-state index is 0.341.